The molecule has 1 saturated heterocycles. The molecule has 5 heteroatoms. The minimum Gasteiger partial charge on any atom is -0.352 e. The predicted octanol–water partition coefficient (Wildman–Crippen LogP) is 0.879. The summed E-state index contributed by atoms with van der Waals surface area (Å²) in [4.78, 5) is 12.9. The van der Waals surface area contributed by atoms with Crippen molar-refractivity contribution >= 4 is 5.82 Å². The van der Waals surface area contributed by atoms with Gasteiger partial charge in [-0.25, -0.2) is 9.97 Å². The lowest BCUT2D eigenvalue weighted by atomic mass is 10.00. The molecule has 5 nitrogen and oxygen atoms in total. The molecule has 0 aliphatic carbocycles. The molecule has 1 aromatic rings. The van der Waals surface area contributed by atoms with Crippen LogP contribution in [0.2, 0.25) is 0 Å². The van der Waals surface area contributed by atoms with E-state index in [2.05, 4.69) is 40.7 Å². The zero-order chi connectivity index (χ0) is 12.5. The van der Waals surface area contributed by atoms with Crippen molar-refractivity contribution in [2.75, 3.05) is 31.6 Å². The molecule has 0 amide bonds. The number of rotatable bonds is 1. The molecule has 1 aromatic heterocycles. The maximum absolute atomic E-state index is 8.68. The summed E-state index contributed by atoms with van der Waals surface area (Å²) in [7, 11) is 2.14. The fourth-order valence-electron chi connectivity index (χ4n) is 1.98. The van der Waals surface area contributed by atoms with Gasteiger partial charge >= 0.3 is 0 Å². The molecule has 0 unspecified atom stereocenters. The Morgan fingerprint density at radius 1 is 1.29 bits per heavy atom. The van der Waals surface area contributed by atoms with Gasteiger partial charge in [0.05, 0.1) is 12.4 Å². The maximum atomic E-state index is 8.68. The summed E-state index contributed by atoms with van der Waals surface area (Å²) in [5.74, 6) is 0.852. The van der Waals surface area contributed by atoms with Crippen LogP contribution in [0.25, 0.3) is 0 Å². The monoisotopic (exact) mass is 231 g/mol. The normalized spacial score (nSPS) is 20.0. The Kier molecular flexibility index (Phi) is 2.99. The van der Waals surface area contributed by atoms with Crippen molar-refractivity contribution in [3.8, 4) is 6.07 Å². The molecule has 1 aliphatic rings. The van der Waals surface area contributed by atoms with Crippen molar-refractivity contribution in [1.29, 1.82) is 5.26 Å². The summed E-state index contributed by atoms with van der Waals surface area (Å²) in [6.45, 7) is 7.31. The van der Waals surface area contributed by atoms with E-state index in [0.29, 0.717) is 5.69 Å². The van der Waals surface area contributed by atoms with Gasteiger partial charge in [-0.05, 0) is 20.9 Å². The molecule has 1 aliphatic heterocycles. The van der Waals surface area contributed by atoms with Crippen molar-refractivity contribution in [1.82, 2.24) is 14.9 Å². The highest BCUT2D eigenvalue weighted by atomic mass is 15.3. The Morgan fingerprint density at radius 2 is 2.06 bits per heavy atom. The number of anilines is 1. The Balaban J connectivity index is 2.15. The largest absolute Gasteiger partial charge is 0.352 e. The Bertz CT molecular complexity index is 431. The molecule has 0 N–H and O–H groups in total. The van der Waals surface area contributed by atoms with Crippen molar-refractivity contribution < 1.29 is 0 Å². The molecule has 0 saturated carbocycles. The molecule has 1 fully saturated rings. The van der Waals surface area contributed by atoms with Gasteiger partial charge in [-0.15, -0.1) is 0 Å². The van der Waals surface area contributed by atoms with Crippen LogP contribution in [-0.2, 0) is 0 Å². The predicted molar refractivity (Wildman–Crippen MR) is 65.7 cm³/mol. The standard InChI is InChI=1S/C12H17N5/c1-12(2)9-17(5-4-16(12)3)11-8-14-10(6-13)7-15-11/h7-8H,4-5,9H2,1-3H3. The highest BCUT2D eigenvalue weighted by Gasteiger charge is 2.31. The molecular formula is C12H17N5. The van der Waals surface area contributed by atoms with Gasteiger partial charge in [-0.1, -0.05) is 0 Å². The molecule has 0 aromatic carbocycles. The molecule has 0 radical (unpaired) electrons. The Labute approximate surface area is 102 Å². The summed E-state index contributed by atoms with van der Waals surface area (Å²) in [6.07, 6.45) is 3.21. The maximum Gasteiger partial charge on any atom is 0.158 e. The second kappa shape index (κ2) is 4.30. The molecule has 2 rings (SSSR count). The molecule has 90 valence electrons. The van der Waals surface area contributed by atoms with E-state index in [1.807, 2.05) is 6.07 Å². The number of aromatic nitrogens is 2. The number of hydrogen-bond acceptors (Lipinski definition) is 5. The Hall–Kier alpha value is -1.67. The minimum absolute atomic E-state index is 0.133. The van der Waals surface area contributed by atoms with Gasteiger partial charge < -0.3 is 4.90 Å². The summed E-state index contributed by atoms with van der Waals surface area (Å²) in [5, 5.41) is 8.68. The van der Waals surface area contributed by atoms with Gasteiger partial charge in [0.15, 0.2) is 5.69 Å². The number of hydrogen-bond donors (Lipinski definition) is 0. The van der Waals surface area contributed by atoms with Crippen molar-refractivity contribution in [2.45, 2.75) is 19.4 Å². The van der Waals surface area contributed by atoms with Crippen LogP contribution in [0.5, 0.6) is 0 Å². The van der Waals surface area contributed by atoms with E-state index in [1.54, 1.807) is 6.20 Å². The fraction of sp³-hybridized carbons (Fsp3) is 0.583. The molecule has 0 bridgehead atoms. The molecule has 0 atom stereocenters. The van der Waals surface area contributed by atoms with Crippen LogP contribution < -0.4 is 4.90 Å². The molecular weight excluding hydrogens is 214 g/mol. The first-order chi connectivity index (χ1) is 8.03. The SMILES string of the molecule is CN1CCN(c2cnc(C#N)cn2)CC1(C)C. The van der Waals surface area contributed by atoms with Crippen LogP contribution in [0.4, 0.5) is 5.82 Å². The fourth-order valence-corrected chi connectivity index (χ4v) is 1.98. The van der Waals surface area contributed by atoms with E-state index < -0.39 is 0 Å². The third kappa shape index (κ3) is 2.37. The van der Waals surface area contributed by atoms with E-state index in [0.717, 1.165) is 25.5 Å². The summed E-state index contributed by atoms with van der Waals surface area (Å²) in [6, 6.07) is 1.98. The van der Waals surface area contributed by atoms with Gasteiger partial charge in [0, 0.05) is 25.2 Å². The van der Waals surface area contributed by atoms with Gasteiger partial charge in [-0.2, -0.15) is 5.26 Å². The zero-order valence-electron chi connectivity index (χ0n) is 10.5. The van der Waals surface area contributed by atoms with Crippen molar-refractivity contribution in [3.05, 3.63) is 18.1 Å². The summed E-state index contributed by atoms with van der Waals surface area (Å²) < 4.78 is 0. The molecule has 2 heterocycles. The quantitative estimate of drug-likeness (QED) is 0.718. The summed E-state index contributed by atoms with van der Waals surface area (Å²) >= 11 is 0. The second-order valence-corrected chi connectivity index (χ2v) is 5.03. The summed E-state index contributed by atoms with van der Waals surface area (Å²) in [5.41, 5.74) is 0.496. The average molecular weight is 231 g/mol. The van der Waals surface area contributed by atoms with Crippen molar-refractivity contribution in [3.63, 3.8) is 0 Å². The highest BCUT2D eigenvalue weighted by Crippen LogP contribution is 2.22. The molecule has 0 spiro atoms. The topological polar surface area (TPSA) is 56.0 Å². The first kappa shape index (κ1) is 11.8. The average Bonchev–Trinajstić information content (AvgIpc) is 2.33. The number of nitrogens with zero attached hydrogens (tertiary/aromatic N) is 5. The van der Waals surface area contributed by atoms with E-state index in [-0.39, 0.29) is 5.54 Å². The number of nitriles is 1. The van der Waals surface area contributed by atoms with E-state index in [4.69, 9.17) is 5.26 Å². The van der Waals surface area contributed by atoms with Crippen molar-refractivity contribution in [2.24, 2.45) is 0 Å². The van der Waals surface area contributed by atoms with E-state index in [1.165, 1.54) is 6.20 Å². The zero-order valence-corrected chi connectivity index (χ0v) is 10.5. The van der Waals surface area contributed by atoms with Crippen LogP contribution >= 0.6 is 0 Å². The molecule has 17 heavy (non-hydrogen) atoms. The smallest absolute Gasteiger partial charge is 0.158 e. The lowest BCUT2D eigenvalue weighted by Gasteiger charge is -2.45. The van der Waals surface area contributed by atoms with Gasteiger partial charge in [0.2, 0.25) is 0 Å². The number of likely N-dealkylation sites (N-methyl/N-ethyl adjacent to an activating group) is 1. The Morgan fingerprint density at radius 3 is 2.59 bits per heavy atom. The van der Waals surface area contributed by atoms with E-state index in [9.17, 15) is 0 Å². The van der Waals surface area contributed by atoms with E-state index >= 15 is 0 Å². The third-order valence-corrected chi connectivity index (χ3v) is 3.39. The van der Waals surface area contributed by atoms with Gasteiger partial charge in [-0.3, -0.25) is 4.90 Å². The lowest BCUT2D eigenvalue weighted by Crippen LogP contribution is -2.57. The minimum atomic E-state index is 0.133. The van der Waals surface area contributed by atoms with Crippen LogP contribution in [0.15, 0.2) is 12.4 Å². The van der Waals surface area contributed by atoms with Crippen LogP contribution in [0.3, 0.4) is 0 Å². The number of piperazine rings is 1. The second-order valence-electron chi connectivity index (χ2n) is 5.03. The lowest BCUT2D eigenvalue weighted by molar-refractivity contribution is 0.138. The highest BCUT2D eigenvalue weighted by molar-refractivity contribution is 5.38. The van der Waals surface area contributed by atoms with Gasteiger partial charge in [0.25, 0.3) is 0 Å². The third-order valence-electron chi connectivity index (χ3n) is 3.39. The van der Waals surface area contributed by atoms with Crippen LogP contribution in [-0.4, -0.2) is 47.1 Å². The van der Waals surface area contributed by atoms with Gasteiger partial charge in [0.1, 0.15) is 11.9 Å². The first-order valence-electron chi connectivity index (χ1n) is 5.71. The van der Waals surface area contributed by atoms with Crippen LogP contribution in [0, 0.1) is 11.3 Å². The first-order valence-corrected chi connectivity index (χ1v) is 5.71. The van der Waals surface area contributed by atoms with Crippen LogP contribution in [0.1, 0.15) is 19.5 Å².